The van der Waals surface area contributed by atoms with Gasteiger partial charge in [-0.05, 0) is 72.1 Å². The summed E-state index contributed by atoms with van der Waals surface area (Å²) in [7, 11) is 0. The molecule has 1 N–H and O–H groups in total. The number of nitrogens with zero attached hydrogens (tertiary/aromatic N) is 1. The SMILES string of the molecule is CCCNCCCCCCN1CCCC1(C)C. The summed E-state index contributed by atoms with van der Waals surface area (Å²) in [4.78, 5) is 2.68. The van der Waals surface area contributed by atoms with Crippen molar-refractivity contribution in [1.29, 1.82) is 0 Å². The minimum atomic E-state index is 0.475. The van der Waals surface area contributed by atoms with Gasteiger partial charge in [0.25, 0.3) is 0 Å². The Kier molecular flexibility index (Phi) is 7.14. The smallest absolute Gasteiger partial charge is 0.0153 e. The monoisotopic (exact) mass is 240 g/mol. The fourth-order valence-electron chi connectivity index (χ4n) is 2.79. The lowest BCUT2D eigenvalue weighted by molar-refractivity contribution is 0.171. The Hall–Kier alpha value is -0.0800. The Morgan fingerprint density at radius 3 is 2.47 bits per heavy atom. The van der Waals surface area contributed by atoms with Gasteiger partial charge in [-0.2, -0.15) is 0 Å². The van der Waals surface area contributed by atoms with Crippen LogP contribution < -0.4 is 5.32 Å². The van der Waals surface area contributed by atoms with E-state index in [2.05, 4.69) is 31.0 Å². The molecular formula is C15H32N2. The molecule has 1 aliphatic heterocycles. The second-order valence-electron chi connectivity index (χ2n) is 6.07. The van der Waals surface area contributed by atoms with Crippen molar-refractivity contribution in [1.82, 2.24) is 10.2 Å². The van der Waals surface area contributed by atoms with Crippen LogP contribution in [0.3, 0.4) is 0 Å². The van der Waals surface area contributed by atoms with E-state index >= 15 is 0 Å². The van der Waals surface area contributed by atoms with Crippen LogP contribution in [0.15, 0.2) is 0 Å². The Morgan fingerprint density at radius 2 is 1.82 bits per heavy atom. The van der Waals surface area contributed by atoms with Gasteiger partial charge in [0.2, 0.25) is 0 Å². The Balaban J connectivity index is 1.90. The van der Waals surface area contributed by atoms with E-state index in [1.54, 1.807) is 0 Å². The van der Waals surface area contributed by atoms with Crippen molar-refractivity contribution in [3.8, 4) is 0 Å². The number of likely N-dealkylation sites (tertiary alicyclic amines) is 1. The molecule has 17 heavy (non-hydrogen) atoms. The minimum absolute atomic E-state index is 0.475. The summed E-state index contributed by atoms with van der Waals surface area (Å²) < 4.78 is 0. The second kappa shape index (κ2) is 8.10. The number of rotatable bonds is 9. The predicted molar refractivity (Wildman–Crippen MR) is 76.5 cm³/mol. The van der Waals surface area contributed by atoms with Gasteiger partial charge in [-0.15, -0.1) is 0 Å². The second-order valence-corrected chi connectivity index (χ2v) is 6.07. The maximum Gasteiger partial charge on any atom is 0.0153 e. The van der Waals surface area contributed by atoms with Crippen LogP contribution in [0, 0.1) is 0 Å². The highest BCUT2D eigenvalue weighted by molar-refractivity contribution is 4.87. The van der Waals surface area contributed by atoms with E-state index in [0.29, 0.717) is 5.54 Å². The Bertz CT molecular complexity index is 189. The van der Waals surface area contributed by atoms with E-state index in [1.165, 1.54) is 71.1 Å². The Labute approximate surface area is 108 Å². The summed E-state index contributed by atoms with van der Waals surface area (Å²) in [5.41, 5.74) is 0.475. The molecule has 0 amide bonds. The van der Waals surface area contributed by atoms with Gasteiger partial charge in [0.05, 0.1) is 0 Å². The van der Waals surface area contributed by atoms with Crippen molar-refractivity contribution in [3.05, 3.63) is 0 Å². The van der Waals surface area contributed by atoms with Crippen LogP contribution in [-0.2, 0) is 0 Å². The Morgan fingerprint density at radius 1 is 1.06 bits per heavy atom. The minimum Gasteiger partial charge on any atom is -0.317 e. The molecule has 0 spiro atoms. The van der Waals surface area contributed by atoms with E-state index in [1.807, 2.05) is 0 Å². The first-order valence-electron chi connectivity index (χ1n) is 7.62. The molecule has 0 unspecified atom stereocenters. The zero-order valence-electron chi connectivity index (χ0n) is 12.2. The molecule has 2 nitrogen and oxygen atoms in total. The van der Waals surface area contributed by atoms with Gasteiger partial charge in [0.1, 0.15) is 0 Å². The summed E-state index contributed by atoms with van der Waals surface area (Å²) in [6, 6.07) is 0. The summed E-state index contributed by atoms with van der Waals surface area (Å²) in [5, 5.41) is 3.47. The van der Waals surface area contributed by atoms with Gasteiger partial charge < -0.3 is 5.32 Å². The molecule has 102 valence electrons. The molecule has 1 aliphatic rings. The molecule has 0 radical (unpaired) electrons. The van der Waals surface area contributed by atoms with Crippen LogP contribution in [0.2, 0.25) is 0 Å². The predicted octanol–water partition coefficient (Wildman–Crippen LogP) is 3.42. The van der Waals surface area contributed by atoms with Gasteiger partial charge in [-0.25, -0.2) is 0 Å². The highest BCUT2D eigenvalue weighted by Gasteiger charge is 2.30. The lowest BCUT2D eigenvalue weighted by Gasteiger charge is -2.31. The molecule has 0 atom stereocenters. The van der Waals surface area contributed by atoms with Crippen LogP contribution in [0.5, 0.6) is 0 Å². The maximum absolute atomic E-state index is 3.47. The van der Waals surface area contributed by atoms with Gasteiger partial charge in [-0.3, -0.25) is 4.90 Å². The van der Waals surface area contributed by atoms with Crippen molar-refractivity contribution >= 4 is 0 Å². The summed E-state index contributed by atoms with van der Waals surface area (Å²) in [6.07, 6.45) is 9.57. The molecule has 0 aromatic heterocycles. The van der Waals surface area contributed by atoms with Gasteiger partial charge in [0.15, 0.2) is 0 Å². The van der Waals surface area contributed by atoms with Crippen LogP contribution in [0.1, 0.15) is 65.7 Å². The van der Waals surface area contributed by atoms with Crippen LogP contribution >= 0.6 is 0 Å². The molecule has 0 saturated carbocycles. The van der Waals surface area contributed by atoms with Gasteiger partial charge in [-0.1, -0.05) is 19.8 Å². The van der Waals surface area contributed by atoms with Crippen LogP contribution in [-0.4, -0.2) is 36.6 Å². The standard InChI is InChI=1S/C15H32N2/c1-4-11-16-12-7-5-6-8-13-17-14-9-10-15(17,2)3/h16H,4-14H2,1-3H3. The van der Waals surface area contributed by atoms with Crippen molar-refractivity contribution < 1.29 is 0 Å². The first-order valence-corrected chi connectivity index (χ1v) is 7.62. The molecular weight excluding hydrogens is 208 g/mol. The zero-order chi connectivity index (χ0) is 12.6. The average Bonchev–Trinajstić information content (AvgIpc) is 2.62. The van der Waals surface area contributed by atoms with Crippen molar-refractivity contribution in [3.63, 3.8) is 0 Å². The highest BCUT2D eigenvalue weighted by Crippen LogP contribution is 2.28. The number of hydrogen-bond donors (Lipinski definition) is 1. The van der Waals surface area contributed by atoms with E-state index in [4.69, 9.17) is 0 Å². The van der Waals surface area contributed by atoms with E-state index in [-0.39, 0.29) is 0 Å². The zero-order valence-corrected chi connectivity index (χ0v) is 12.2. The number of nitrogens with one attached hydrogen (secondary N) is 1. The first kappa shape index (κ1) is 15.0. The summed E-state index contributed by atoms with van der Waals surface area (Å²) >= 11 is 0. The van der Waals surface area contributed by atoms with Crippen LogP contribution in [0.25, 0.3) is 0 Å². The molecule has 0 aromatic rings. The van der Waals surface area contributed by atoms with Gasteiger partial charge in [0, 0.05) is 5.54 Å². The van der Waals surface area contributed by atoms with E-state index < -0.39 is 0 Å². The summed E-state index contributed by atoms with van der Waals surface area (Å²) in [5.74, 6) is 0. The topological polar surface area (TPSA) is 15.3 Å². The van der Waals surface area contributed by atoms with Crippen molar-refractivity contribution in [2.24, 2.45) is 0 Å². The first-order chi connectivity index (χ1) is 8.17. The molecule has 2 heteroatoms. The number of hydrogen-bond acceptors (Lipinski definition) is 2. The van der Waals surface area contributed by atoms with Crippen molar-refractivity contribution in [2.75, 3.05) is 26.2 Å². The normalized spacial score (nSPS) is 19.9. The quantitative estimate of drug-likeness (QED) is 0.621. The molecule has 1 rings (SSSR count). The molecule has 0 bridgehead atoms. The lowest BCUT2D eigenvalue weighted by atomic mass is 10.0. The van der Waals surface area contributed by atoms with E-state index in [9.17, 15) is 0 Å². The number of unbranched alkanes of at least 4 members (excludes halogenated alkanes) is 3. The summed E-state index contributed by atoms with van der Waals surface area (Å²) in [6.45, 7) is 12.1. The fourth-order valence-corrected chi connectivity index (χ4v) is 2.79. The highest BCUT2D eigenvalue weighted by atomic mass is 15.2. The van der Waals surface area contributed by atoms with Crippen molar-refractivity contribution in [2.45, 2.75) is 71.3 Å². The average molecular weight is 240 g/mol. The third-order valence-electron chi connectivity index (χ3n) is 4.03. The van der Waals surface area contributed by atoms with E-state index in [0.717, 1.165) is 0 Å². The molecule has 1 fully saturated rings. The van der Waals surface area contributed by atoms with Gasteiger partial charge >= 0.3 is 0 Å². The molecule has 1 heterocycles. The molecule has 0 aromatic carbocycles. The molecule has 0 aliphatic carbocycles. The third kappa shape index (κ3) is 5.87. The van der Waals surface area contributed by atoms with Crippen LogP contribution in [0.4, 0.5) is 0 Å². The molecule has 1 saturated heterocycles. The third-order valence-corrected chi connectivity index (χ3v) is 4.03. The lowest BCUT2D eigenvalue weighted by Crippen LogP contribution is -2.38. The largest absolute Gasteiger partial charge is 0.317 e. The fraction of sp³-hybridized carbons (Fsp3) is 1.00. The maximum atomic E-state index is 3.47.